The van der Waals surface area contributed by atoms with Gasteiger partial charge >= 0.3 is 0 Å². The molecule has 0 spiro atoms. The number of aromatic nitrogens is 2. The van der Waals surface area contributed by atoms with E-state index in [0.29, 0.717) is 5.82 Å². The summed E-state index contributed by atoms with van der Waals surface area (Å²) in [5.41, 5.74) is 0.282. The molecule has 2 nitrogen and oxygen atoms in total. The second kappa shape index (κ2) is 4.61. The number of hydrogen-bond acceptors (Lipinski definition) is 1. The Hall–Kier alpha value is -1.42. The van der Waals surface area contributed by atoms with E-state index in [-0.39, 0.29) is 18.0 Å². The molecular formula is C11H9ClF2N2. The van der Waals surface area contributed by atoms with Gasteiger partial charge in [0.1, 0.15) is 5.82 Å². The summed E-state index contributed by atoms with van der Waals surface area (Å²) in [6, 6.07) is 4.11. The van der Waals surface area contributed by atoms with Crippen molar-refractivity contribution in [2.75, 3.05) is 0 Å². The van der Waals surface area contributed by atoms with Gasteiger partial charge in [-0.15, -0.1) is 11.6 Å². The summed E-state index contributed by atoms with van der Waals surface area (Å²) in [5, 5.41) is 0. The van der Waals surface area contributed by atoms with E-state index >= 15 is 0 Å². The number of nitrogens with zero attached hydrogens (tertiary/aromatic N) is 2. The van der Waals surface area contributed by atoms with Crippen LogP contribution in [0.2, 0.25) is 0 Å². The lowest BCUT2D eigenvalue weighted by molar-refractivity contribution is 0.494. The molecule has 0 aliphatic carbocycles. The van der Waals surface area contributed by atoms with Crippen LogP contribution >= 0.6 is 11.6 Å². The summed E-state index contributed by atoms with van der Waals surface area (Å²) >= 11 is 5.66. The molecule has 16 heavy (non-hydrogen) atoms. The Morgan fingerprint density at radius 2 is 2.12 bits per heavy atom. The van der Waals surface area contributed by atoms with Crippen LogP contribution in [-0.2, 0) is 12.4 Å². The number of rotatable bonds is 3. The molecule has 0 saturated heterocycles. The Kier molecular flexibility index (Phi) is 3.19. The molecule has 1 heterocycles. The van der Waals surface area contributed by atoms with Gasteiger partial charge in [-0.3, -0.25) is 0 Å². The Morgan fingerprint density at radius 1 is 1.31 bits per heavy atom. The fraction of sp³-hybridized carbons (Fsp3) is 0.182. The maximum absolute atomic E-state index is 13.4. The van der Waals surface area contributed by atoms with Gasteiger partial charge in [-0.25, -0.2) is 13.8 Å². The first-order chi connectivity index (χ1) is 7.72. The Bertz CT molecular complexity index is 496. The zero-order valence-electron chi connectivity index (χ0n) is 8.33. The van der Waals surface area contributed by atoms with Gasteiger partial charge in [0.05, 0.1) is 12.4 Å². The van der Waals surface area contributed by atoms with Crippen molar-refractivity contribution >= 4 is 11.6 Å². The zero-order valence-corrected chi connectivity index (χ0v) is 9.09. The molecule has 1 aromatic carbocycles. The summed E-state index contributed by atoms with van der Waals surface area (Å²) in [6.07, 6.45) is 3.26. The van der Waals surface area contributed by atoms with Gasteiger partial charge < -0.3 is 4.57 Å². The van der Waals surface area contributed by atoms with Gasteiger partial charge in [0.15, 0.2) is 11.6 Å². The van der Waals surface area contributed by atoms with Gasteiger partial charge in [-0.2, -0.15) is 0 Å². The highest BCUT2D eigenvalue weighted by molar-refractivity contribution is 6.16. The maximum atomic E-state index is 13.4. The molecule has 0 atom stereocenters. The zero-order chi connectivity index (χ0) is 11.5. The van der Waals surface area contributed by atoms with Gasteiger partial charge in [0.25, 0.3) is 0 Å². The lowest BCUT2D eigenvalue weighted by Gasteiger charge is -2.07. The van der Waals surface area contributed by atoms with E-state index in [4.69, 9.17) is 11.6 Å². The Balaban J connectivity index is 2.30. The van der Waals surface area contributed by atoms with Crippen molar-refractivity contribution in [3.8, 4) is 0 Å². The van der Waals surface area contributed by atoms with E-state index in [1.165, 1.54) is 12.1 Å². The molecular weight excluding hydrogens is 234 g/mol. The van der Waals surface area contributed by atoms with Gasteiger partial charge in [0, 0.05) is 18.0 Å². The molecule has 0 bridgehead atoms. The molecule has 0 aliphatic rings. The van der Waals surface area contributed by atoms with E-state index < -0.39 is 11.6 Å². The topological polar surface area (TPSA) is 17.8 Å². The van der Waals surface area contributed by atoms with Crippen LogP contribution < -0.4 is 0 Å². The first kappa shape index (κ1) is 11.1. The minimum Gasteiger partial charge on any atom is -0.329 e. The summed E-state index contributed by atoms with van der Waals surface area (Å²) in [6.45, 7) is 0.228. The summed E-state index contributed by atoms with van der Waals surface area (Å²) in [5.74, 6) is -0.795. The molecule has 0 radical (unpaired) electrons. The van der Waals surface area contributed by atoms with Crippen LogP contribution in [0.25, 0.3) is 0 Å². The summed E-state index contributed by atoms with van der Waals surface area (Å²) in [4.78, 5) is 4.00. The molecule has 2 rings (SSSR count). The minimum absolute atomic E-state index is 0.228. The van der Waals surface area contributed by atoms with Crippen molar-refractivity contribution < 1.29 is 8.78 Å². The van der Waals surface area contributed by atoms with Crippen LogP contribution in [0.15, 0.2) is 30.6 Å². The molecule has 5 heteroatoms. The van der Waals surface area contributed by atoms with Gasteiger partial charge in [-0.1, -0.05) is 12.1 Å². The van der Waals surface area contributed by atoms with Crippen molar-refractivity contribution in [2.45, 2.75) is 12.4 Å². The van der Waals surface area contributed by atoms with Crippen molar-refractivity contribution in [3.63, 3.8) is 0 Å². The lowest BCUT2D eigenvalue weighted by Crippen LogP contribution is -2.05. The quantitative estimate of drug-likeness (QED) is 0.757. The normalized spacial score (nSPS) is 10.7. The average molecular weight is 243 g/mol. The molecule has 0 aliphatic heterocycles. The number of alkyl halides is 1. The molecule has 0 saturated carbocycles. The fourth-order valence-corrected chi connectivity index (χ4v) is 1.69. The van der Waals surface area contributed by atoms with Gasteiger partial charge in [0.2, 0.25) is 0 Å². The summed E-state index contributed by atoms with van der Waals surface area (Å²) < 4.78 is 28.0. The first-order valence-electron chi connectivity index (χ1n) is 4.71. The standard InChI is InChI=1S/C11H9ClF2N2/c12-6-10-15-4-5-16(10)7-8-2-1-3-9(13)11(8)14/h1-5H,6-7H2. The van der Waals surface area contributed by atoms with E-state index in [2.05, 4.69) is 4.98 Å². The monoisotopic (exact) mass is 242 g/mol. The average Bonchev–Trinajstić information content (AvgIpc) is 2.72. The summed E-state index contributed by atoms with van der Waals surface area (Å²) in [7, 11) is 0. The molecule has 0 fully saturated rings. The molecule has 0 amide bonds. The molecule has 0 unspecified atom stereocenters. The third kappa shape index (κ3) is 2.07. The highest BCUT2D eigenvalue weighted by atomic mass is 35.5. The van der Waals surface area contributed by atoms with Crippen LogP contribution in [-0.4, -0.2) is 9.55 Å². The van der Waals surface area contributed by atoms with Crippen LogP contribution in [0.4, 0.5) is 8.78 Å². The predicted octanol–water partition coefficient (Wildman–Crippen LogP) is 2.95. The number of halogens is 3. The lowest BCUT2D eigenvalue weighted by atomic mass is 10.2. The van der Waals surface area contributed by atoms with E-state index in [9.17, 15) is 8.78 Å². The smallest absolute Gasteiger partial charge is 0.163 e. The number of benzene rings is 1. The van der Waals surface area contributed by atoms with Crippen molar-refractivity contribution in [2.24, 2.45) is 0 Å². The largest absolute Gasteiger partial charge is 0.329 e. The Labute approximate surface area is 96.5 Å². The minimum atomic E-state index is -0.843. The van der Waals surface area contributed by atoms with Crippen LogP contribution in [0.5, 0.6) is 0 Å². The van der Waals surface area contributed by atoms with Crippen LogP contribution in [0.3, 0.4) is 0 Å². The first-order valence-corrected chi connectivity index (χ1v) is 5.24. The van der Waals surface area contributed by atoms with Crippen molar-refractivity contribution in [1.29, 1.82) is 0 Å². The third-order valence-corrected chi connectivity index (χ3v) is 2.53. The van der Waals surface area contributed by atoms with Crippen LogP contribution in [0, 0.1) is 11.6 Å². The molecule has 1 aromatic heterocycles. The number of imidazole rings is 1. The highest BCUT2D eigenvalue weighted by Gasteiger charge is 2.09. The highest BCUT2D eigenvalue weighted by Crippen LogP contribution is 2.14. The fourth-order valence-electron chi connectivity index (χ4n) is 1.47. The second-order valence-electron chi connectivity index (χ2n) is 3.32. The molecule has 0 N–H and O–H groups in total. The Morgan fingerprint density at radius 3 is 2.88 bits per heavy atom. The van der Waals surface area contributed by atoms with E-state index in [0.717, 1.165) is 6.07 Å². The van der Waals surface area contributed by atoms with E-state index in [1.807, 2.05) is 0 Å². The SMILES string of the molecule is Fc1cccc(Cn2ccnc2CCl)c1F. The number of hydrogen-bond donors (Lipinski definition) is 0. The maximum Gasteiger partial charge on any atom is 0.163 e. The molecule has 84 valence electrons. The third-order valence-electron chi connectivity index (χ3n) is 2.29. The van der Waals surface area contributed by atoms with Crippen LogP contribution in [0.1, 0.15) is 11.4 Å². The van der Waals surface area contributed by atoms with Crippen molar-refractivity contribution in [3.05, 3.63) is 53.6 Å². The van der Waals surface area contributed by atoms with E-state index in [1.54, 1.807) is 17.0 Å². The van der Waals surface area contributed by atoms with Crippen molar-refractivity contribution in [1.82, 2.24) is 9.55 Å². The predicted molar refractivity (Wildman–Crippen MR) is 57.2 cm³/mol. The second-order valence-corrected chi connectivity index (χ2v) is 3.59. The van der Waals surface area contributed by atoms with Gasteiger partial charge in [-0.05, 0) is 6.07 Å². The molecule has 2 aromatic rings.